The molecule has 0 atom stereocenters. The molecule has 2 amide bonds. The topological polar surface area (TPSA) is 74.6 Å². The van der Waals surface area contributed by atoms with Gasteiger partial charge in [0.25, 0.3) is 5.91 Å². The fourth-order valence-electron chi connectivity index (χ4n) is 2.93. The van der Waals surface area contributed by atoms with Gasteiger partial charge in [0, 0.05) is 32.0 Å². The number of hydrogen-bond acceptors (Lipinski definition) is 5. The van der Waals surface area contributed by atoms with Gasteiger partial charge in [0.15, 0.2) is 0 Å². The Labute approximate surface area is 146 Å². The average molecular weight is 342 g/mol. The largest absolute Gasteiger partial charge is 0.314 e. The van der Waals surface area contributed by atoms with Crippen molar-refractivity contribution in [2.45, 2.75) is 6.42 Å². The number of carbonyl (C=O) groups excluding carboxylic acids is 2. The first-order valence-corrected chi connectivity index (χ1v) is 8.09. The number of benzene rings is 1. The van der Waals surface area contributed by atoms with Crippen molar-refractivity contribution in [3.63, 3.8) is 0 Å². The summed E-state index contributed by atoms with van der Waals surface area (Å²) in [5.74, 6) is -0.137. The van der Waals surface area contributed by atoms with Crippen LogP contribution in [0.5, 0.6) is 0 Å². The first kappa shape index (κ1) is 17.1. The number of hydrogen-bond donors (Lipinski definition) is 0. The molecule has 0 radical (unpaired) electrons. The molecular weight excluding hydrogens is 320 g/mol. The molecule has 0 saturated heterocycles. The summed E-state index contributed by atoms with van der Waals surface area (Å²) in [4.78, 5) is 30.2. The quantitative estimate of drug-likeness (QED) is 0.811. The van der Waals surface area contributed by atoms with Crippen LogP contribution in [0.15, 0.2) is 24.4 Å². The fourth-order valence-corrected chi connectivity index (χ4v) is 2.93. The lowest BCUT2D eigenvalue weighted by molar-refractivity contribution is -0.118. The van der Waals surface area contributed by atoms with Gasteiger partial charge >= 0.3 is 0 Å². The monoisotopic (exact) mass is 342 g/mol. The first-order chi connectivity index (χ1) is 11.9. The van der Waals surface area contributed by atoms with Crippen molar-refractivity contribution in [3.05, 3.63) is 35.7 Å². The van der Waals surface area contributed by atoms with E-state index in [9.17, 15) is 9.59 Å². The minimum atomic E-state index is -0.134. The third-order valence-electron chi connectivity index (χ3n) is 4.36. The minimum absolute atomic E-state index is 0.00309. The molecule has 0 spiro atoms. The van der Waals surface area contributed by atoms with Crippen LogP contribution in [0.2, 0.25) is 0 Å². The fraction of sp³-hybridized carbons (Fsp3) is 0.412. The summed E-state index contributed by atoms with van der Waals surface area (Å²) in [5.41, 5.74) is 3.15. The summed E-state index contributed by atoms with van der Waals surface area (Å²) < 4.78 is 1.47. The van der Waals surface area contributed by atoms with Crippen molar-refractivity contribution in [1.29, 1.82) is 0 Å². The molecule has 0 N–H and O–H groups in total. The average Bonchev–Trinajstić information content (AvgIpc) is 3.18. The molecule has 2 aromatic rings. The van der Waals surface area contributed by atoms with Crippen LogP contribution in [0.4, 0.5) is 11.4 Å². The second-order valence-corrected chi connectivity index (χ2v) is 6.45. The Hall–Kier alpha value is -2.74. The summed E-state index contributed by atoms with van der Waals surface area (Å²) in [6.45, 7) is 0.940. The predicted molar refractivity (Wildman–Crippen MR) is 94.8 cm³/mol. The highest BCUT2D eigenvalue weighted by atomic mass is 16.2. The lowest BCUT2D eigenvalue weighted by Gasteiger charge is -2.22. The normalized spacial score (nSPS) is 13.2. The maximum absolute atomic E-state index is 12.8. The molecule has 1 aromatic heterocycles. The molecule has 0 saturated carbocycles. The van der Waals surface area contributed by atoms with Crippen molar-refractivity contribution in [2.75, 3.05) is 44.0 Å². The van der Waals surface area contributed by atoms with Gasteiger partial charge in [-0.25, -0.2) is 4.68 Å². The van der Waals surface area contributed by atoms with Gasteiger partial charge in [-0.05, 0) is 38.2 Å². The van der Waals surface area contributed by atoms with Crippen LogP contribution in [0.25, 0.3) is 0 Å². The third kappa shape index (κ3) is 3.25. The number of carbonyl (C=O) groups is 2. The maximum Gasteiger partial charge on any atom is 0.278 e. The molecule has 8 heteroatoms. The Morgan fingerprint density at radius 1 is 1.24 bits per heavy atom. The summed E-state index contributed by atoms with van der Waals surface area (Å²) in [6, 6.07) is 5.81. The van der Waals surface area contributed by atoms with Gasteiger partial charge in [-0.1, -0.05) is 11.3 Å². The van der Waals surface area contributed by atoms with Gasteiger partial charge in [0.1, 0.15) is 5.69 Å². The van der Waals surface area contributed by atoms with Gasteiger partial charge in [0.05, 0.1) is 12.7 Å². The number of likely N-dealkylation sites (N-methyl/N-ethyl adjacent to an activating group) is 2. The van der Waals surface area contributed by atoms with E-state index in [1.54, 1.807) is 23.9 Å². The molecule has 25 heavy (non-hydrogen) atoms. The van der Waals surface area contributed by atoms with Crippen molar-refractivity contribution in [1.82, 2.24) is 19.9 Å². The van der Waals surface area contributed by atoms with E-state index in [0.717, 1.165) is 23.4 Å². The van der Waals surface area contributed by atoms with Crippen molar-refractivity contribution >= 4 is 23.2 Å². The Bertz CT molecular complexity index is 813. The van der Waals surface area contributed by atoms with Crippen LogP contribution in [0.1, 0.15) is 16.1 Å². The minimum Gasteiger partial charge on any atom is -0.314 e. The van der Waals surface area contributed by atoms with Crippen LogP contribution in [-0.4, -0.2) is 65.9 Å². The molecular formula is C17H22N6O2. The zero-order valence-corrected chi connectivity index (χ0v) is 14.9. The number of aryl methyl sites for hydroxylation is 1. The number of anilines is 2. The Morgan fingerprint density at radius 3 is 2.64 bits per heavy atom. The second-order valence-electron chi connectivity index (χ2n) is 6.45. The van der Waals surface area contributed by atoms with Crippen molar-refractivity contribution < 1.29 is 9.59 Å². The summed E-state index contributed by atoms with van der Waals surface area (Å²) in [6.07, 6.45) is 2.26. The van der Waals surface area contributed by atoms with E-state index in [2.05, 4.69) is 10.3 Å². The van der Waals surface area contributed by atoms with Gasteiger partial charge < -0.3 is 14.7 Å². The molecule has 0 fully saturated rings. The number of rotatable bonds is 4. The van der Waals surface area contributed by atoms with E-state index in [1.165, 1.54) is 10.9 Å². The predicted octanol–water partition coefficient (Wildman–Crippen LogP) is 0.542. The van der Waals surface area contributed by atoms with Gasteiger partial charge in [0.2, 0.25) is 5.91 Å². The van der Waals surface area contributed by atoms with Crippen molar-refractivity contribution in [2.24, 2.45) is 7.05 Å². The summed E-state index contributed by atoms with van der Waals surface area (Å²) in [5, 5.41) is 7.60. The summed E-state index contributed by atoms with van der Waals surface area (Å²) in [7, 11) is 7.16. The molecule has 132 valence electrons. The second kappa shape index (κ2) is 6.64. The number of fused-ring (bicyclic) bond motifs is 1. The zero-order chi connectivity index (χ0) is 18.1. The molecule has 1 aliphatic heterocycles. The van der Waals surface area contributed by atoms with Gasteiger partial charge in [-0.15, -0.1) is 5.10 Å². The highest BCUT2D eigenvalue weighted by Gasteiger charge is 2.28. The Kier molecular flexibility index (Phi) is 4.54. The van der Waals surface area contributed by atoms with Crippen LogP contribution in [-0.2, 0) is 18.3 Å². The number of aromatic nitrogens is 3. The van der Waals surface area contributed by atoms with E-state index in [1.807, 2.05) is 37.2 Å². The first-order valence-electron chi connectivity index (χ1n) is 8.09. The van der Waals surface area contributed by atoms with E-state index < -0.39 is 0 Å². The van der Waals surface area contributed by atoms with Crippen LogP contribution >= 0.6 is 0 Å². The highest BCUT2D eigenvalue weighted by Crippen LogP contribution is 2.33. The van der Waals surface area contributed by atoms with Gasteiger partial charge in [-0.3, -0.25) is 9.59 Å². The summed E-state index contributed by atoms with van der Waals surface area (Å²) >= 11 is 0. The number of nitrogens with zero attached hydrogens (tertiary/aromatic N) is 6. The Balaban J connectivity index is 1.88. The van der Waals surface area contributed by atoms with E-state index in [-0.39, 0.29) is 11.8 Å². The van der Waals surface area contributed by atoms with Gasteiger partial charge in [-0.2, -0.15) is 0 Å². The van der Waals surface area contributed by atoms with Crippen LogP contribution in [0.3, 0.4) is 0 Å². The zero-order valence-electron chi connectivity index (χ0n) is 14.9. The van der Waals surface area contributed by atoms with E-state index in [4.69, 9.17) is 0 Å². The molecule has 0 unspecified atom stereocenters. The molecule has 3 rings (SSSR count). The maximum atomic E-state index is 12.8. The molecule has 0 aliphatic carbocycles. The van der Waals surface area contributed by atoms with Crippen LogP contribution < -0.4 is 9.80 Å². The standard InChI is InChI=1S/C17H22N6O2/c1-20(2)11-16(24)21(3)13-6-5-12-7-8-23(14(12)9-13)17(25)15-10-18-19-22(15)4/h5-6,9-10H,7-8,11H2,1-4H3. The van der Waals surface area contributed by atoms with E-state index in [0.29, 0.717) is 18.8 Å². The molecule has 8 nitrogen and oxygen atoms in total. The SMILES string of the molecule is CN(C)CC(=O)N(C)c1ccc2c(c1)N(C(=O)c1cnnn1C)CC2. The van der Waals surface area contributed by atoms with Crippen LogP contribution in [0, 0.1) is 0 Å². The van der Waals surface area contributed by atoms with Crippen molar-refractivity contribution in [3.8, 4) is 0 Å². The Morgan fingerprint density at radius 2 is 2.00 bits per heavy atom. The highest BCUT2D eigenvalue weighted by molar-refractivity contribution is 6.06. The molecule has 0 bridgehead atoms. The molecule has 2 heterocycles. The molecule has 1 aliphatic rings. The molecule has 1 aromatic carbocycles. The lowest BCUT2D eigenvalue weighted by Crippen LogP contribution is -2.35. The smallest absolute Gasteiger partial charge is 0.278 e. The van der Waals surface area contributed by atoms with E-state index >= 15 is 0 Å². The number of amides is 2. The lowest BCUT2D eigenvalue weighted by atomic mass is 10.1. The third-order valence-corrected chi connectivity index (χ3v) is 4.36.